The number of nitrogens with zero attached hydrogens (tertiary/aromatic N) is 3. The largest absolute Gasteiger partial charge is 0.564 e. The number of amides is 1. The lowest BCUT2D eigenvalue weighted by molar-refractivity contribution is -0.119. The molecule has 3 N–H and O–H groups in total. The maximum Gasteiger partial charge on any atom is 0.564 e. The van der Waals surface area contributed by atoms with Gasteiger partial charge in [0.25, 0.3) is 5.96 Å². The van der Waals surface area contributed by atoms with Gasteiger partial charge < -0.3 is 16.0 Å². The fourth-order valence-corrected chi connectivity index (χ4v) is 2.59. The molecule has 122 valence electrons. The number of hydrogen-bond donors (Lipinski definition) is 2. The summed E-state index contributed by atoms with van der Waals surface area (Å²) in [6.45, 7) is 2.40. The SMILES string of the molecule is CC(=O)N[C@@H]1CCCN1c1ccc(N=C(N)n2oc(=O)o2)cc1. The minimum Gasteiger partial charge on any atom is -0.364 e. The summed E-state index contributed by atoms with van der Waals surface area (Å²) in [7, 11) is 0. The van der Waals surface area contributed by atoms with Crippen LogP contribution in [-0.4, -0.2) is 29.5 Å². The number of carbonyl (C=O) groups is 1. The number of hydrogen-bond acceptors (Lipinski definition) is 6. The lowest BCUT2D eigenvalue weighted by Gasteiger charge is -2.27. The van der Waals surface area contributed by atoms with E-state index in [0.29, 0.717) is 5.69 Å². The predicted octanol–water partition coefficient (Wildman–Crippen LogP) is 0.591. The third-order valence-corrected chi connectivity index (χ3v) is 3.55. The summed E-state index contributed by atoms with van der Waals surface area (Å²) >= 11 is 0. The Kier molecular flexibility index (Phi) is 3.92. The number of rotatable bonds is 3. The molecule has 23 heavy (non-hydrogen) atoms. The summed E-state index contributed by atoms with van der Waals surface area (Å²) in [6, 6.07) is 7.37. The fourth-order valence-electron chi connectivity index (χ4n) is 2.59. The molecule has 1 aromatic carbocycles. The monoisotopic (exact) mass is 319 g/mol. The minimum atomic E-state index is -0.823. The van der Waals surface area contributed by atoms with Crippen molar-refractivity contribution in [3.63, 3.8) is 0 Å². The summed E-state index contributed by atoms with van der Waals surface area (Å²) in [5.74, 6) is -0.939. The number of benzene rings is 1. The number of nitrogens with two attached hydrogens (primary N) is 1. The van der Waals surface area contributed by atoms with Crippen molar-refractivity contribution in [2.24, 2.45) is 10.7 Å². The van der Waals surface area contributed by atoms with Crippen molar-refractivity contribution in [1.82, 2.24) is 10.2 Å². The highest BCUT2D eigenvalue weighted by atomic mass is 16.8. The lowest BCUT2D eigenvalue weighted by atomic mass is 10.2. The second kappa shape index (κ2) is 6.03. The first-order valence-electron chi connectivity index (χ1n) is 7.21. The molecule has 0 spiro atoms. The summed E-state index contributed by atoms with van der Waals surface area (Å²) < 4.78 is 8.99. The van der Waals surface area contributed by atoms with E-state index in [2.05, 4.69) is 24.3 Å². The number of aliphatic imine (C=N–C) groups is 1. The average molecular weight is 319 g/mol. The van der Waals surface area contributed by atoms with E-state index >= 15 is 0 Å². The van der Waals surface area contributed by atoms with Gasteiger partial charge in [-0.3, -0.25) is 13.8 Å². The Morgan fingerprint density at radius 3 is 2.65 bits per heavy atom. The van der Waals surface area contributed by atoms with E-state index in [9.17, 15) is 9.59 Å². The standard InChI is InChI=1S/C14H17N5O4/c1-9(20)16-12-3-2-8-18(12)11-6-4-10(5-7-11)17-13(15)19-22-14(21)23-19/h4-7,12H,2-3,8H2,1H3,(H2,15,17)(H,16,20)/t12-/m0/s1. The normalized spacial score (nSPS) is 18.4. The smallest absolute Gasteiger partial charge is 0.364 e. The molecule has 9 heteroatoms. The van der Waals surface area contributed by atoms with Crippen molar-refractivity contribution in [3.05, 3.63) is 34.9 Å². The van der Waals surface area contributed by atoms with Gasteiger partial charge in [0.1, 0.15) is 6.17 Å². The maximum atomic E-state index is 11.3. The quantitative estimate of drug-likeness (QED) is 0.631. The number of nitrogens with one attached hydrogen (secondary N) is 1. The summed E-state index contributed by atoms with van der Waals surface area (Å²) in [5, 5.41) is 2.94. The van der Waals surface area contributed by atoms with E-state index in [1.807, 2.05) is 12.1 Å². The average Bonchev–Trinajstić information content (AvgIpc) is 2.92. The fraction of sp³-hybridized carbons (Fsp3) is 0.357. The molecule has 3 rings (SSSR count). The molecule has 9 nitrogen and oxygen atoms in total. The van der Waals surface area contributed by atoms with Crippen LogP contribution in [0.4, 0.5) is 11.4 Å². The summed E-state index contributed by atoms with van der Waals surface area (Å²) in [4.78, 5) is 28.7. The van der Waals surface area contributed by atoms with Gasteiger partial charge in [0.05, 0.1) is 5.69 Å². The molecule has 1 aliphatic rings. The van der Waals surface area contributed by atoms with Crippen LogP contribution in [0.15, 0.2) is 43.1 Å². The second-order valence-corrected chi connectivity index (χ2v) is 5.23. The van der Waals surface area contributed by atoms with Crippen molar-refractivity contribution in [2.75, 3.05) is 11.4 Å². The number of anilines is 1. The van der Waals surface area contributed by atoms with Gasteiger partial charge in [0.15, 0.2) is 0 Å². The Hall–Kier alpha value is -2.97. The second-order valence-electron chi connectivity index (χ2n) is 5.23. The molecule has 1 amide bonds. The van der Waals surface area contributed by atoms with Gasteiger partial charge in [-0.15, -0.1) is 0 Å². The van der Waals surface area contributed by atoms with Gasteiger partial charge in [-0.05, 0) is 37.1 Å². The highest BCUT2D eigenvalue weighted by Gasteiger charge is 2.25. The summed E-state index contributed by atoms with van der Waals surface area (Å²) in [5.41, 5.74) is 7.21. The van der Waals surface area contributed by atoms with Gasteiger partial charge in [-0.2, -0.15) is 4.79 Å². The number of carbonyl (C=O) groups excluding carboxylic acids is 1. The Balaban J connectivity index is 1.73. The van der Waals surface area contributed by atoms with Crippen LogP contribution >= 0.6 is 0 Å². The van der Waals surface area contributed by atoms with E-state index in [1.54, 1.807) is 12.1 Å². The third-order valence-electron chi connectivity index (χ3n) is 3.55. The van der Waals surface area contributed by atoms with E-state index < -0.39 is 5.82 Å². The van der Waals surface area contributed by atoms with Crippen LogP contribution in [0.5, 0.6) is 0 Å². The van der Waals surface area contributed by atoms with Crippen molar-refractivity contribution < 1.29 is 13.8 Å². The van der Waals surface area contributed by atoms with Crippen LogP contribution in [0.25, 0.3) is 0 Å². The molecule has 1 aliphatic heterocycles. The van der Waals surface area contributed by atoms with Crippen molar-refractivity contribution in [2.45, 2.75) is 25.9 Å². The highest BCUT2D eigenvalue weighted by molar-refractivity contribution is 5.80. The molecule has 0 aliphatic carbocycles. The van der Waals surface area contributed by atoms with Crippen LogP contribution in [0.1, 0.15) is 19.8 Å². The molecule has 2 aromatic rings. The lowest BCUT2D eigenvalue weighted by Crippen LogP contribution is -2.43. The summed E-state index contributed by atoms with van der Waals surface area (Å²) in [6.07, 6.45) is 1.96. The van der Waals surface area contributed by atoms with Gasteiger partial charge in [0.2, 0.25) is 5.91 Å². The van der Waals surface area contributed by atoms with E-state index in [1.165, 1.54) is 6.92 Å². The Morgan fingerprint density at radius 1 is 1.35 bits per heavy atom. The molecule has 1 atom stereocenters. The first-order valence-corrected chi connectivity index (χ1v) is 7.21. The molecule has 2 heterocycles. The molecule has 0 saturated carbocycles. The van der Waals surface area contributed by atoms with E-state index in [-0.39, 0.29) is 18.0 Å². The molecule has 1 aromatic heterocycles. The Bertz CT molecular complexity index is 755. The van der Waals surface area contributed by atoms with Crippen molar-refractivity contribution in [1.29, 1.82) is 0 Å². The highest BCUT2D eigenvalue weighted by Crippen LogP contribution is 2.26. The molecular formula is C14H17N5O4. The van der Waals surface area contributed by atoms with Crippen LogP contribution in [0.3, 0.4) is 0 Å². The van der Waals surface area contributed by atoms with Crippen molar-refractivity contribution >= 4 is 23.2 Å². The molecular weight excluding hydrogens is 302 g/mol. The first-order chi connectivity index (χ1) is 11.0. The van der Waals surface area contributed by atoms with E-state index in [0.717, 1.165) is 30.0 Å². The zero-order valence-electron chi connectivity index (χ0n) is 12.6. The van der Waals surface area contributed by atoms with Crippen LogP contribution in [0, 0.1) is 0 Å². The topological polar surface area (TPSA) is 119 Å². The molecule has 0 bridgehead atoms. The van der Waals surface area contributed by atoms with Gasteiger partial charge in [0, 0.05) is 24.1 Å². The zero-order chi connectivity index (χ0) is 16.4. The van der Waals surface area contributed by atoms with Crippen molar-refractivity contribution in [3.8, 4) is 0 Å². The predicted molar refractivity (Wildman–Crippen MR) is 82.5 cm³/mol. The van der Waals surface area contributed by atoms with E-state index in [4.69, 9.17) is 5.73 Å². The van der Waals surface area contributed by atoms with Crippen LogP contribution in [0.2, 0.25) is 0 Å². The van der Waals surface area contributed by atoms with Crippen LogP contribution < -0.4 is 21.8 Å². The molecule has 1 saturated heterocycles. The van der Waals surface area contributed by atoms with Crippen LogP contribution in [-0.2, 0) is 4.79 Å². The molecule has 0 radical (unpaired) electrons. The Labute approximate surface area is 131 Å². The first kappa shape index (κ1) is 14.9. The zero-order valence-corrected chi connectivity index (χ0v) is 12.6. The maximum absolute atomic E-state index is 11.3. The molecule has 1 fully saturated rings. The molecule has 0 unspecified atom stereocenters. The Morgan fingerprint density at radius 2 is 2.04 bits per heavy atom. The third kappa shape index (κ3) is 3.28. The van der Waals surface area contributed by atoms with Gasteiger partial charge >= 0.3 is 5.82 Å². The minimum absolute atomic E-state index is 0.0146. The van der Waals surface area contributed by atoms with Gasteiger partial charge in [-0.25, -0.2) is 4.99 Å². The van der Waals surface area contributed by atoms with Gasteiger partial charge in [-0.1, -0.05) is 0 Å². The number of aromatic nitrogens is 1.